The molecule has 290 valence electrons. The molecule has 0 saturated heterocycles. The first kappa shape index (κ1) is 35.5. The van der Waals surface area contributed by atoms with Gasteiger partial charge in [0.1, 0.15) is 0 Å². The van der Waals surface area contributed by atoms with Gasteiger partial charge in [-0.2, -0.15) is 9.97 Å². The Morgan fingerprint density at radius 1 is 0.274 bits per heavy atom. The minimum absolute atomic E-state index is 0.565. The first-order chi connectivity index (χ1) is 30.8. The summed E-state index contributed by atoms with van der Waals surface area (Å²) in [7, 11) is 0. The molecule has 3 heterocycles. The molecule has 3 aromatic heterocycles. The van der Waals surface area contributed by atoms with Gasteiger partial charge in [-0.3, -0.25) is 4.57 Å². The highest BCUT2D eigenvalue weighted by Gasteiger charge is 2.24. The number of benzene rings is 9. The van der Waals surface area contributed by atoms with E-state index in [4.69, 9.17) is 15.0 Å². The van der Waals surface area contributed by atoms with Crippen molar-refractivity contribution in [2.75, 3.05) is 0 Å². The molecule has 0 spiro atoms. The first-order valence-electron chi connectivity index (χ1n) is 21.0. The van der Waals surface area contributed by atoms with E-state index in [1.54, 1.807) is 0 Å². The van der Waals surface area contributed by atoms with Crippen molar-refractivity contribution in [3.63, 3.8) is 0 Å². The monoisotopic (exact) mass is 791 g/mol. The van der Waals surface area contributed by atoms with Gasteiger partial charge in [0.25, 0.3) is 0 Å². The van der Waals surface area contributed by atoms with Crippen LogP contribution in [0.5, 0.6) is 0 Å². The SMILES string of the molecule is c1ccc(-c2cccc(-c3nc(-c4ccccc4)nc(-n4c5ccccc5c5c6c7ccccc7n(-c7cc(-c8ccccc8)ccc7-c7ccccc7)c6ccc54)n3)c2)cc1. The fraction of sp³-hybridized carbons (Fsp3) is 0. The van der Waals surface area contributed by atoms with E-state index in [2.05, 4.69) is 209 Å². The van der Waals surface area contributed by atoms with E-state index in [0.29, 0.717) is 17.6 Å². The summed E-state index contributed by atoms with van der Waals surface area (Å²) in [5.41, 5.74) is 14.2. The van der Waals surface area contributed by atoms with Crippen molar-refractivity contribution >= 4 is 43.6 Å². The van der Waals surface area contributed by atoms with Gasteiger partial charge in [0.15, 0.2) is 11.6 Å². The van der Waals surface area contributed by atoms with E-state index in [1.807, 2.05) is 24.3 Å². The van der Waals surface area contributed by atoms with Crippen LogP contribution in [0.15, 0.2) is 224 Å². The lowest BCUT2D eigenvalue weighted by atomic mass is 9.98. The van der Waals surface area contributed by atoms with Gasteiger partial charge in [-0.25, -0.2) is 4.98 Å². The van der Waals surface area contributed by atoms with Crippen molar-refractivity contribution in [2.45, 2.75) is 0 Å². The van der Waals surface area contributed by atoms with Gasteiger partial charge in [-0.05, 0) is 64.2 Å². The second kappa shape index (κ2) is 14.7. The maximum Gasteiger partial charge on any atom is 0.238 e. The summed E-state index contributed by atoms with van der Waals surface area (Å²) in [5, 5.41) is 4.65. The van der Waals surface area contributed by atoms with E-state index in [1.165, 1.54) is 21.9 Å². The lowest BCUT2D eigenvalue weighted by Crippen LogP contribution is -2.06. The molecule has 0 saturated carbocycles. The average Bonchev–Trinajstić information content (AvgIpc) is 3.88. The summed E-state index contributed by atoms with van der Waals surface area (Å²) in [4.78, 5) is 15.7. The van der Waals surface area contributed by atoms with E-state index in [-0.39, 0.29) is 0 Å². The highest BCUT2D eigenvalue weighted by molar-refractivity contribution is 6.29. The number of para-hydroxylation sites is 2. The van der Waals surface area contributed by atoms with Crippen LogP contribution in [0.25, 0.3) is 111 Å². The topological polar surface area (TPSA) is 48.5 Å². The van der Waals surface area contributed by atoms with E-state index >= 15 is 0 Å². The summed E-state index contributed by atoms with van der Waals surface area (Å²) < 4.78 is 4.68. The van der Waals surface area contributed by atoms with Crippen LogP contribution < -0.4 is 0 Å². The van der Waals surface area contributed by atoms with Crippen molar-refractivity contribution in [1.29, 1.82) is 0 Å². The average molecular weight is 792 g/mol. The summed E-state index contributed by atoms with van der Waals surface area (Å²) >= 11 is 0. The molecule has 0 bridgehead atoms. The lowest BCUT2D eigenvalue weighted by Gasteiger charge is -2.16. The van der Waals surface area contributed by atoms with E-state index < -0.39 is 0 Å². The van der Waals surface area contributed by atoms with Gasteiger partial charge in [0.2, 0.25) is 5.95 Å². The Morgan fingerprint density at radius 2 is 0.726 bits per heavy atom. The highest BCUT2D eigenvalue weighted by Crippen LogP contribution is 2.44. The number of aromatic nitrogens is 5. The maximum absolute atomic E-state index is 5.32. The number of hydrogen-bond donors (Lipinski definition) is 0. The van der Waals surface area contributed by atoms with Crippen molar-refractivity contribution in [3.05, 3.63) is 224 Å². The van der Waals surface area contributed by atoms with Crippen LogP contribution in [0.3, 0.4) is 0 Å². The van der Waals surface area contributed by atoms with Crippen molar-refractivity contribution in [3.8, 4) is 67.8 Å². The first-order valence-corrected chi connectivity index (χ1v) is 21.0. The summed E-state index contributed by atoms with van der Waals surface area (Å²) in [6.45, 7) is 0. The normalized spacial score (nSPS) is 11.5. The molecule has 0 unspecified atom stereocenters. The van der Waals surface area contributed by atoms with Crippen LogP contribution in [0.4, 0.5) is 0 Å². The third-order valence-electron chi connectivity index (χ3n) is 12.0. The predicted octanol–water partition coefficient (Wildman–Crippen LogP) is 14.4. The van der Waals surface area contributed by atoms with Crippen LogP contribution in [0, 0.1) is 0 Å². The molecular weight excluding hydrogens is 755 g/mol. The zero-order chi connectivity index (χ0) is 41.0. The van der Waals surface area contributed by atoms with E-state index in [9.17, 15) is 0 Å². The Labute approximate surface area is 358 Å². The van der Waals surface area contributed by atoms with Gasteiger partial charge in [-0.15, -0.1) is 0 Å². The number of fused-ring (bicyclic) bond motifs is 7. The Hall–Kier alpha value is -8.41. The second-order valence-electron chi connectivity index (χ2n) is 15.6. The molecule has 9 aromatic carbocycles. The molecule has 12 rings (SSSR count). The van der Waals surface area contributed by atoms with Gasteiger partial charge >= 0.3 is 0 Å². The zero-order valence-electron chi connectivity index (χ0n) is 33.6. The fourth-order valence-electron chi connectivity index (χ4n) is 9.16. The molecule has 0 fully saturated rings. The molecule has 0 aliphatic rings. The number of rotatable bonds is 7. The van der Waals surface area contributed by atoms with Crippen molar-refractivity contribution in [2.24, 2.45) is 0 Å². The van der Waals surface area contributed by atoms with Gasteiger partial charge < -0.3 is 4.57 Å². The molecular formula is C57H37N5. The molecule has 0 atom stereocenters. The molecule has 5 nitrogen and oxygen atoms in total. The van der Waals surface area contributed by atoms with Gasteiger partial charge in [-0.1, -0.05) is 188 Å². The zero-order valence-corrected chi connectivity index (χ0v) is 33.6. The quantitative estimate of drug-likeness (QED) is 0.162. The Morgan fingerprint density at radius 3 is 1.34 bits per heavy atom. The third kappa shape index (κ3) is 5.90. The maximum atomic E-state index is 5.32. The number of hydrogen-bond acceptors (Lipinski definition) is 3. The molecule has 0 N–H and O–H groups in total. The smallest absolute Gasteiger partial charge is 0.238 e. The van der Waals surface area contributed by atoms with Crippen LogP contribution in [0.1, 0.15) is 0 Å². The van der Waals surface area contributed by atoms with Crippen LogP contribution in [-0.4, -0.2) is 24.1 Å². The Kier molecular flexibility index (Phi) is 8.42. The van der Waals surface area contributed by atoms with Crippen LogP contribution in [-0.2, 0) is 0 Å². The van der Waals surface area contributed by atoms with Gasteiger partial charge in [0, 0.05) is 38.2 Å². The number of nitrogens with zero attached hydrogens (tertiary/aromatic N) is 5. The molecule has 5 heteroatoms. The largest absolute Gasteiger partial charge is 0.309 e. The molecule has 62 heavy (non-hydrogen) atoms. The standard InChI is InChI=1S/C57H37N5/c1-5-18-38(19-6-1)42-26-17-27-44(36-42)56-58-55(41-24-11-4-12-25-41)59-57(60-56)62-49-31-16-14-29-47(49)54-51(62)35-34-50-53(54)46-28-13-15-30-48(46)61(50)52-37-43(39-20-7-2-8-21-39)32-33-45(52)40-22-9-3-10-23-40/h1-37H. The summed E-state index contributed by atoms with van der Waals surface area (Å²) in [6, 6.07) is 79.3. The molecule has 12 aromatic rings. The van der Waals surface area contributed by atoms with E-state index in [0.717, 1.165) is 71.9 Å². The Balaban J connectivity index is 1.14. The minimum atomic E-state index is 0.565. The molecule has 0 aliphatic carbocycles. The van der Waals surface area contributed by atoms with Crippen molar-refractivity contribution < 1.29 is 0 Å². The second-order valence-corrected chi connectivity index (χ2v) is 15.6. The minimum Gasteiger partial charge on any atom is -0.309 e. The van der Waals surface area contributed by atoms with Crippen LogP contribution in [0.2, 0.25) is 0 Å². The lowest BCUT2D eigenvalue weighted by molar-refractivity contribution is 0.953. The van der Waals surface area contributed by atoms with Gasteiger partial charge in [0.05, 0.1) is 27.8 Å². The fourth-order valence-corrected chi connectivity index (χ4v) is 9.16. The molecule has 0 aliphatic heterocycles. The van der Waals surface area contributed by atoms with Crippen molar-refractivity contribution in [1.82, 2.24) is 24.1 Å². The predicted molar refractivity (Wildman–Crippen MR) is 256 cm³/mol. The highest BCUT2D eigenvalue weighted by atomic mass is 15.2. The molecule has 0 radical (unpaired) electrons. The third-order valence-corrected chi connectivity index (χ3v) is 12.0. The summed E-state index contributed by atoms with van der Waals surface area (Å²) in [6.07, 6.45) is 0. The van der Waals surface area contributed by atoms with Crippen LogP contribution >= 0.6 is 0 Å². The Bertz CT molecular complexity index is 3610. The molecule has 0 amide bonds. The summed E-state index contributed by atoms with van der Waals surface area (Å²) in [5.74, 6) is 1.79.